The third-order valence-electron chi connectivity index (χ3n) is 1.86. The average Bonchev–Trinajstić information content (AvgIpc) is 2.96. The summed E-state index contributed by atoms with van der Waals surface area (Å²) >= 11 is 0. The Balaban J connectivity index is 2.41. The van der Waals surface area contributed by atoms with E-state index in [1.807, 2.05) is 6.92 Å². The lowest BCUT2D eigenvalue weighted by Crippen LogP contribution is -2.14. The number of hydrogen-bond acceptors (Lipinski definition) is 4. The average molecular weight is 214 g/mol. The van der Waals surface area contributed by atoms with Crippen LogP contribution in [0.5, 0.6) is 0 Å². The first kappa shape index (κ1) is 11.7. The van der Waals surface area contributed by atoms with E-state index in [1.165, 1.54) is 0 Å². The van der Waals surface area contributed by atoms with Gasteiger partial charge in [0.05, 0.1) is 13.0 Å². The topological polar surface area (TPSA) is 76.1 Å². The van der Waals surface area contributed by atoms with Gasteiger partial charge in [-0.3, -0.25) is 4.79 Å². The van der Waals surface area contributed by atoms with Crippen molar-refractivity contribution >= 4 is 11.9 Å². The minimum absolute atomic E-state index is 0.00153. The van der Waals surface area contributed by atoms with Crippen LogP contribution in [0.2, 0.25) is 0 Å². The first-order valence-electron chi connectivity index (χ1n) is 4.83. The van der Waals surface area contributed by atoms with Crippen molar-refractivity contribution in [2.75, 3.05) is 13.2 Å². The van der Waals surface area contributed by atoms with Crippen molar-refractivity contribution < 1.29 is 24.2 Å². The number of carboxylic acid groups (broad SMARTS) is 1. The van der Waals surface area contributed by atoms with Crippen LogP contribution in [0.1, 0.15) is 19.8 Å². The number of carboxylic acids is 1. The van der Waals surface area contributed by atoms with Crippen LogP contribution in [-0.2, 0) is 19.1 Å². The van der Waals surface area contributed by atoms with Gasteiger partial charge in [0.2, 0.25) is 0 Å². The van der Waals surface area contributed by atoms with E-state index in [0.717, 1.165) is 0 Å². The van der Waals surface area contributed by atoms with Crippen molar-refractivity contribution in [1.82, 2.24) is 0 Å². The first-order valence-corrected chi connectivity index (χ1v) is 4.83. The maximum atomic E-state index is 11.4. The predicted molar refractivity (Wildman–Crippen MR) is 51.3 cm³/mol. The lowest BCUT2D eigenvalue weighted by atomic mass is 10.1. The van der Waals surface area contributed by atoms with E-state index in [9.17, 15) is 9.59 Å². The van der Waals surface area contributed by atoms with Gasteiger partial charge in [0.1, 0.15) is 12.7 Å². The highest BCUT2D eigenvalue weighted by Crippen LogP contribution is 2.11. The standard InChI is InChI=1S/C10H14O5/c1-2-3-7(4-9(11)12)10(13)15-6-8-5-14-8/h3,8H,2,4-6H2,1H3,(H,11,12). The molecular formula is C10H14O5. The molecule has 0 aliphatic carbocycles. The van der Waals surface area contributed by atoms with Gasteiger partial charge in [0, 0.05) is 5.57 Å². The van der Waals surface area contributed by atoms with Gasteiger partial charge in [-0.25, -0.2) is 4.79 Å². The molecule has 1 N–H and O–H groups in total. The molecule has 0 radical (unpaired) electrons. The summed E-state index contributed by atoms with van der Waals surface area (Å²) in [5.74, 6) is -1.59. The zero-order chi connectivity index (χ0) is 11.3. The fourth-order valence-electron chi connectivity index (χ4n) is 1.06. The fourth-order valence-corrected chi connectivity index (χ4v) is 1.06. The molecule has 0 bridgehead atoms. The molecule has 1 atom stereocenters. The van der Waals surface area contributed by atoms with Crippen LogP contribution in [-0.4, -0.2) is 36.4 Å². The third-order valence-corrected chi connectivity index (χ3v) is 1.86. The van der Waals surface area contributed by atoms with Gasteiger partial charge >= 0.3 is 11.9 Å². The van der Waals surface area contributed by atoms with E-state index < -0.39 is 11.9 Å². The Morgan fingerprint density at radius 2 is 2.27 bits per heavy atom. The van der Waals surface area contributed by atoms with Gasteiger partial charge in [-0.2, -0.15) is 0 Å². The second-order valence-corrected chi connectivity index (χ2v) is 3.26. The largest absolute Gasteiger partial charge is 0.481 e. The molecule has 0 aromatic heterocycles. The number of ether oxygens (including phenoxy) is 2. The van der Waals surface area contributed by atoms with Crippen LogP contribution >= 0.6 is 0 Å². The molecule has 1 aliphatic rings. The van der Waals surface area contributed by atoms with Crippen molar-refractivity contribution in [1.29, 1.82) is 0 Å². The van der Waals surface area contributed by atoms with Crippen molar-refractivity contribution in [3.05, 3.63) is 11.6 Å². The molecule has 1 unspecified atom stereocenters. The van der Waals surface area contributed by atoms with E-state index in [2.05, 4.69) is 0 Å². The highest BCUT2D eigenvalue weighted by atomic mass is 16.6. The van der Waals surface area contributed by atoms with E-state index in [0.29, 0.717) is 13.0 Å². The number of hydrogen-bond donors (Lipinski definition) is 1. The van der Waals surface area contributed by atoms with Crippen LogP contribution in [0.15, 0.2) is 11.6 Å². The smallest absolute Gasteiger partial charge is 0.334 e. The number of aliphatic carboxylic acids is 1. The summed E-state index contributed by atoms with van der Waals surface area (Å²) in [5, 5.41) is 8.58. The molecule has 1 heterocycles. The van der Waals surface area contributed by atoms with Crippen molar-refractivity contribution in [2.45, 2.75) is 25.9 Å². The quantitative estimate of drug-likeness (QED) is 0.401. The maximum absolute atomic E-state index is 11.4. The Hall–Kier alpha value is -1.36. The minimum atomic E-state index is -1.03. The van der Waals surface area contributed by atoms with Gasteiger partial charge < -0.3 is 14.6 Å². The van der Waals surface area contributed by atoms with Gasteiger partial charge in [0.25, 0.3) is 0 Å². The van der Waals surface area contributed by atoms with E-state index in [-0.39, 0.29) is 24.7 Å². The van der Waals surface area contributed by atoms with Gasteiger partial charge in [-0.1, -0.05) is 13.0 Å². The number of rotatable bonds is 6. The van der Waals surface area contributed by atoms with E-state index in [1.54, 1.807) is 6.08 Å². The van der Waals surface area contributed by atoms with Gasteiger partial charge in [0.15, 0.2) is 0 Å². The lowest BCUT2D eigenvalue weighted by Gasteiger charge is -2.04. The van der Waals surface area contributed by atoms with Gasteiger partial charge in [-0.15, -0.1) is 0 Å². The van der Waals surface area contributed by atoms with E-state index in [4.69, 9.17) is 14.6 Å². The third kappa shape index (κ3) is 4.60. The fraction of sp³-hybridized carbons (Fsp3) is 0.600. The molecule has 0 spiro atoms. The molecule has 0 aromatic rings. The van der Waals surface area contributed by atoms with Gasteiger partial charge in [-0.05, 0) is 6.42 Å². The normalized spacial score (nSPS) is 19.8. The molecule has 5 heteroatoms. The second-order valence-electron chi connectivity index (χ2n) is 3.26. The molecule has 0 aromatic carbocycles. The molecular weight excluding hydrogens is 200 g/mol. The van der Waals surface area contributed by atoms with Crippen molar-refractivity contribution in [3.8, 4) is 0 Å². The number of epoxide rings is 1. The van der Waals surface area contributed by atoms with Crippen LogP contribution in [0.3, 0.4) is 0 Å². The SMILES string of the molecule is CCC=C(CC(=O)O)C(=O)OCC1CO1. The molecule has 15 heavy (non-hydrogen) atoms. The van der Waals surface area contributed by atoms with Crippen LogP contribution in [0.4, 0.5) is 0 Å². The molecule has 84 valence electrons. The Labute approximate surface area is 87.7 Å². The molecule has 5 nitrogen and oxygen atoms in total. The zero-order valence-corrected chi connectivity index (χ0v) is 8.56. The Kier molecular flexibility index (Phi) is 4.30. The summed E-state index contributed by atoms with van der Waals surface area (Å²) in [4.78, 5) is 21.9. The Morgan fingerprint density at radius 1 is 1.60 bits per heavy atom. The highest BCUT2D eigenvalue weighted by molar-refractivity contribution is 5.93. The maximum Gasteiger partial charge on any atom is 0.334 e. The van der Waals surface area contributed by atoms with Crippen molar-refractivity contribution in [3.63, 3.8) is 0 Å². The molecule has 1 saturated heterocycles. The Morgan fingerprint density at radius 3 is 2.73 bits per heavy atom. The minimum Gasteiger partial charge on any atom is -0.481 e. The summed E-state index contributed by atoms with van der Waals surface area (Å²) in [7, 11) is 0. The molecule has 1 fully saturated rings. The Bertz CT molecular complexity index is 278. The number of carbonyl (C=O) groups is 2. The van der Waals surface area contributed by atoms with Crippen LogP contribution < -0.4 is 0 Å². The second kappa shape index (κ2) is 5.50. The monoisotopic (exact) mass is 214 g/mol. The molecule has 1 rings (SSSR count). The summed E-state index contributed by atoms with van der Waals surface area (Å²) in [6.07, 6.45) is 1.89. The lowest BCUT2D eigenvalue weighted by molar-refractivity contribution is -0.143. The summed E-state index contributed by atoms with van der Waals surface area (Å²) in [6, 6.07) is 0. The number of esters is 1. The van der Waals surface area contributed by atoms with E-state index >= 15 is 0 Å². The highest BCUT2D eigenvalue weighted by Gasteiger charge is 2.25. The summed E-state index contributed by atoms with van der Waals surface area (Å²) < 4.78 is 9.75. The summed E-state index contributed by atoms with van der Waals surface area (Å²) in [5.41, 5.74) is 0.200. The summed E-state index contributed by atoms with van der Waals surface area (Å²) in [6.45, 7) is 2.65. The predicted octanol–water partition coefficient (Wildman–Crippen LogP) is 0.740. The molecule has 1 aliphatic heterocycles. The number of allylic oxidation sites excluding steroid dienone is 1. The first-order chi connectivity index (χ1) is 7.13. The zero-order valence-electron chi connectivity index (χ0n) is 8.56. The molecule has 0 amide bonds. The van der Waals surface area contributed by atoms with Crippen LogP contribution in [0, 0.1) is 0 Å². The van der Waals surface area contributed by atoms with Crippen LogP contribution in [0.25, 0.3) is 0 Å². The van der Waals surface area contributed by atoms with Crippen molar-refractivity contribution in [2.24, 2.45) is 0 Å². The molecule has 0 saturated carbocycles. The number of carbonyl (C=O) groups excluding carboxylic acids is 1.